The molecule has 1 aromatic rings. The standard InChI is InChI=1S/C53H91N15O16S/c1-27(2)18-36(61-41(69)24-58-44(74)30(7)60-48(78)37(19-28(3)4)66-52(82)40(25-85)68-45(75)32(56)21-31-23-57-26-59-31)49(79)63-33(12-8-10-16-54)46(76)62-34(13-9-11-17-55)47(77)67-39(22-43(72)73)51(81)65-38(20-29(5)6)50(80)64-35(53(83)84)14-15-42(70)71/h23,26-30,32-40,85H,8-22,24-25,54-56H2,1-7H3,(H,57,59)(H,58,74)(H,60,78)(H,61,69)(H,62,76)(H,63,79)(H,64,80)(H,65,81)(H,66,82)(H,67,77)(H,68,75)(H,70,71)(H,72,73)(H,83,84)/t30-,32-,33-,34-,35-,36-,37-,38-,39-,40-/m0/s1. The van der Waals surface area contributed by atoms with Gasteiger partial charge >= 0.3 is 17.9 Å². The Kier molecular flexibility index (Phi) is 35.5. The lowest BCUT2D eigenvalue weighted by molar-refractivity contribution is -0.144. The summed E-state index contributed by atoms with van der Waals surface area (Å²) in [6.07, 6.45) is 2.17. The summed E-state index contributed by atoms with van der Waals surface area (Å²) in [5.74, 6) is -13.9. The predicted molar refractivity (Wildman–Crippen MR) is 311 cm³/mol. The first-order valence-electron chi connectivity index (χ1n) is 28.3. The Morgan fingerprint density at radius 2 is 0.918 bits per heavy atom. The van der Waals surface area contributed by atoms with Gasteiger partial charge in [-0.1, -0.05) is 41.5 Å². The Morgan fingerprint density at radius 3 is 1.34 bits per heavy atom. The van der Waals surface area contributed by atoms with Crippen LogP contribution >= 0.6 is 12.6 Å². The van der Waals surface area contributed by atoms with Crippen LogP contribution in [-0.2, 0) is 68.7 Å². The lowest BCUT2D eigenvalue weighted by atomic mass is 10.0. The molecule has 10 atom stereocenters. The number of imidazole rings is 1. The van der Waals surface area contributed by atoms with Gasteiger partial charge in [0.2, 0.25) is 59.1 Å². The van der Waals surface area contributed by atoms with Crippen molar-refractivity contribution in [2.45, 2.75) is 192 Å². The van der Waals surface area contributed by atoms with Crippen LogP contribution in [0, 0.1) is 17.8 Å². The second-order valence-electron chi connectivity index (χ2n) is 21.9. The first-order valence-corrected chi connectivity index (χ1v) is 29.0. The van der Waals surface area contributed by atoms with Gasteiger partial charge < -0.3 is 90.7 Å². The predicted octanol–water partition coefficient (Wildman–Crippen LogP) is -3.47. The lowest BCUT2D eigenvalue weighted by Gasteiger charge is -2.28. The molecule has 1 rings (SSSR count). The molecule has 10 amide bonds. The van der Waals surface area contributed by atoms with Crippen molar-refractivity contribution in [3.05, 3.63) is 18.2 Å². The molecular weight excluding hydrogens is 1130 g/mol. The summed E-state index contributed by atoms with van der Waals surface area (Å²) in [6.45, 7) is 11.5. The number of hydrogen-bond donors (Lipinski definition) is 18. The van der Waals surface area contributed by atoms with E-state index in [4.69, 9.17) is 22.3 Å². The summed E-state index contributed by atoms with van der Waals surface area (Å²) in [6, 6.07) is -13.7. The zero-order valence-corrected chi connectivity index (χ0v) is 50.4. The van der Waals surface area contributed by atoms with Crippen molar-refractivity contribution in [2.24, 2.45) is 35.0 Å². The molecule has 0 radical (unpaired) electrons. The van der Waals surface area contributed by atoms with Gasteiger partial charge in [0, 0.05) is 30.5 Å². The van der Waals surface area contributed by atoms with E-state index in [2.05, 4.69) is 75.8 Å². The van der Waals surface area contributed by atoms with Gasteiger partial charge in [0.25, 0.3) is 0 Å². The van der Waals surface area contributed by atoms with Crippen LogP contribution in [0.2, 0.25) is 0 Å². The number of carboxylic acid groups (broad SMARTS) is 3. The summed E-state index contributed by atoms with van der Waals surface area (Å²) >= 11 is 4.19. The van der Waals surface area contributed by atoms with Gasteiger partial charge in [0.15, 0.2) is 0 Å². The molecule has 0 aliphatic rings. The van der Waals surface area contributed by atoms with Crippen molar-refractivity contribution in [1.29, 1.82) is 0 Å². The summed E-state index contributed by atoms with van der Waals surface area (Å²) in [5.41, 5.74) is 18.1. The number of nitrogens with two attached hydrogens (primary N) is 3. The van der Waals surface area contributed by atoms with E-state index in [1.807, 2.05) is 0 Å². The molecule has 32 heteroatoms. The molecule has 0 aliphatic heterocycles. The molecular formula is C53H91N15O16S. The van der Waals surface area contributed by atoms with Gasteiger partial charge in [-0.05, 0) is 102 Å². The van der Waals surface area contributed by atoms with Crippen molar-refractivity contribution >= 4 is 89.6 Å². The summed E-state index contributed by atoms with van der Waals surface area (Å²) in [4.78, 5) is 177. The highest BCUT2D eigenvalue weighted by Crippen LogP contribution is 2.13. The maximum absolute atomic E-state index is 14.2. The number of amides is 10. The van der Waals surface area contributed by atoms with E-state index in [1.165, 1.54) is 19.4 Å². The highest BCUT2D eigenvalue weighted by Gasteiger charge is 2.36. The first-order chi connectivity index (χ1) is 39.9. The van der Waals surface area contributed by atoms with Crippen molar-refractivity contribution in [1.82, 2.24) is 63.1 Å². The maximum atomic E-state index is 14.2. The fourth-order valence-corrected chi connectivity index (χ4v) is 8.58. The number of nitrogens with one attached hydrogen (secondary N) is 11. The van der Waals surface area contributed by atoms with Crippen LogP contribution in [0.1, 0.15) is 131 Å². The van der Waals surface area contributed by atoms with Crippen LogP contribution in [-0.4, -0.2) is 188 Å². The van der Waals surface area contributed by atoms with E-state index in [1.54, 1.807) is 41.5 Å². The van der Waals surface area contributed by atoms with Gasteiger partial charge in [-0.2, -0.15) is 12.6 Å². The van der Waals surface area contributed by atoms with E-state index in [9.17, 15) is 72.5 Å². The lowest BCUT2D eigenvalue weighted by Crippen LogP contribution is -2.60. The molecule has 0 aliphatic carbocycles. The van der Waals surface area contributed by atoms with E-state index < -0.39 is 163 Å². The number of hydrogen-bond acceptors (Lipinski definition) is 18. The number of carbonyl (C=O) groups is 13. The van der Waals surface area contributed by atoms with E-state index in [0.717, 1.165) is 0 Å². The van der Waals surface area contributed by atoms with Gasteiger partial charge in [0.05, 0.1) is 25.3 Å². The van der Waals surface area contributed by atoms with Crippen LogP contribution in [0.4, 0.5) is 0 Å². The molecule has 0 spiro atoms. The number of aliphatic carboxylic acids is 3. The minimum absolute atomic E-state index is 0.0215. The van der Waals surface area contributed by atoms with Crippen molar-refractivity contribution < 1.29 is 77.6 Å². The summed E-state index contributed by atoms with van der Waals surface area (Å²) < 4.78 is 0. The number of carboxylic acids is 3. The Labute approximate surface area is 499 Å². The zero-order chi connectivity index (χ0) is 64.5. The van der Waals surface area contributed by atoms with Crippen LogP contribution in [0.15, 0.2) is 12.5 Å². The average Bonchev–Trinajstić information content (AvgIpc) is 3.95. The van der Waals surface area contributed by atoms with Crippen molar-refractivity contribution in [2.75, 3.05) is 25.4 Å². The molecule has 0 unspecified atom stereocenters. The first kappa shape index (κ1) is 75.6. The van der Waals surface area contributed by atoms with Crippen LogP contribution in [0.3, 0.4) is 0 Å². The van der Waals surface area contributed by atoms with Gasteiger partial charge in [-0.3, -0.25) is 57.5 Å². The highest BCUT2D eigenvalue weighted by molar-refractivity contribution is 7.80. The third-order valence-electron chi connectivity index (χ3n) is 12.8. The molecule has 1 heterocycles. The summed E-state index contributed by atoms with van der Waals surface area (Å²) in [5, 5.41) is 53.2. The number of aromatic amines is 1. The van der Waals surface area contributed by atoms with Gasteiger partial charge in [-0.25, -0.2) is 9.78 Å². The Hall–Kier alpha value is -7.45. The third kappa shape index (κ3) is 30.8. The quantitative estimate of drug-likeness (QED) is 0.0223. The second kappa shape index (κ2) is 40.0. The fraction of sp³-hybridized carbons (Fsp3) is 0.698. The molecule has 0 saturated carbocycles. The smallest absolute Gasteiger partial charge is 0.326 e. The molecule has 20 N–H and O–H groups in total. The highest BCUT2D eigenvalue weighted by atomic mass is 32.1. The van der Waals surface area contributed by atoms with Crippen LogP contribution < -0.4 is 70.4 Å². The number of carbonyl (C=O) groups excluding carboxylic acids is 10. The van der Waals surface area contributed by atoms with Crippen molar-refractivity contribution in [3.63, 3.8) is 0 Å². The van der Waals surface area contributed by atoms with Gasteiger partial charge in [-0.15, -0.1) is 0 Å². The molecule has 31 nitrogen and oxygen atoms in total. The van der Waals surface area contributed by atoms with Crippen LogP contribution in [0.25, 0.3) is 0 Å². The molecule has 480 valence electrons. The zero-order valence-electron chi connectivity index (χ0n) is 49.5. The molecule has 85 heavy (non-hydrogen) atoms. The molecule has 0 aromatic carbocycles. The number of rotatable bonds is 43. The fourth-order valence-electron chi connectivity index (χ4n) is 8.32. The second-order valence-corrected chi connectivity index (χ2v) is 22.3. The number of H-pyrrole nitrogens is 1. The maximum Gasteiger partial charge on any atom is 0.326 e. The molecule has 0 saturated heterocycles. The Balaban J connectivity index is 3.26. The Morgan fingerprint density at radius 1 is 0.506 bits per heavy atom. The topological polar surface area (TPSA) is 510 Å². The average molecular weight is 1230 g/mol. The van der Waals surface area contributed by atoms with Gasteiger partial charge in [0.1, 0.15) is 54.4 Å². The normalized spacial score (nSPS) is 14.8. The molecule has 0 fully saturated rings. The van der Waals surface area contributed by atoms with Crippen molar-refractivity contribution in [3.8, 4) is 0 Å². The SMILES string of the molecule is CC(C)C[C@H](NC(=O)CNC(=O)[C@H](C)NC(=O)[C@H](CC(C)C)NC(=O)[C@H](CS)NC(=O)[C@@H](N)Cc1cnc[nH]1)C(=O)N[C@@H](CCCCN)C(=O)N[C@@H](CCCCN)C(=O)N[C@@H](CC(=O)O)C(=O)N[C@@H](CC(C)C)C(=O)N[C@@H](CCC(=O)O)C(=O)O. The van der Waals surface area contributed by atoms with E-state index >= 15 is 0 Å². The minimum Gasteiger partial charge on any atom is -0.481 e. The van der Waals surface area contributed by atoms with Crippen LogP contribution in [0.5, 0.6) is 0 Å². The largest absolute Gasteiger partial charge is 0.481 e. The number of aromatic nitrogens is 2. The number of thiol groups is 1. The van der Waals surface area contributed by atoms with E-state index in [-0.39, 0.29) is 81.5 Å². The third-order valence-corrected chi connectivity index (χ3v) is 13.2. The molecule has 0 bridgehead atoms. The monoisotopic (exact) mass is 1230 g/mol. The molecule has 1 aromatic heterocycles. The minimum atomic E-state index is -1.86. The number of nitrogens with zero attached hydrogens (tertiary/aromatic N) is 1. The number of unbranched alkanes of at least 4 members (excludes halogenated alkanes) is 2. The summed E-state index contributed by atoms with van der Waals surface area (Å²) in [7, 11) is 0. The van der Waals surface area contributed by atoms with E-state index in [0.29, 0.717) is 25.0 Å². The Bertz CT molecular complexity index is 2380.